The molecule has 0 radical (unpaired) electrons. The largest absolute Gasteiger partial charge is 0.387 e. The van der Waals surface area contributed by atoms with E-state index in [-0.39, 0.29) is 6.10 Å². The smallest absolute Gasteiger partial charge is 0.0955 e. The summed E-state index contributed by atoms with van der Waals surface area (Å²) in [6, 6.07) is 0.615. The van der Waals surface area contributed by atoms with E-state index in [1.54, 1.807) is 6.20 Å². The molecule has 3 nitrogen and oxygen atoms in total. The minimum absolute atomic E-state index is 0.321. The van der Waals surface area contributed by atoms with Crippen molar-refractivity contribution in [2.75, 3.05) is 0 Å². The number of hydrogen-bond donors (Lipinski definition) is 1. The molecule has 1 aromatic heterocycles. The van der Waals surface area contributed by atoms with Gasteiger partial charge in [-0.05, 0) is 19.3 Å². The highest BCUT2D eigenvalue weighted by atomic mass is 16.3. The van der Waals surface area contributed by atoms with Gasteiger partial charge in [0.1, 0.15) is 0 Å². The highest BCUT2D eigenvalue weighted by Gasteiger charge is 2.26. The van der Waals surface area contributed by atoms with Crippen molar-refractivity contribution in [3.05, 3.63) is 18.2 Å². The SMILES string of the molecule is CCCCC(O)c1cncn1C1CC1. The van der Waals surface area contributed by atoms with Crippen LogP contribution in [-0.4, -0.2) is 14.7 Å². The molecule has 1 saturated carbocycles. The van der Waals surface area contributed by atoms with E-state index in [0.717, 1.165) is 25.0 Å². The van der Waals surface area contributed by atoms with Gasteiger partial charge in [0.15, 0.2) is 0 Å². The summed E-state index contributed by atoms with van der Waals surface area (Å²) < 4.78 is 2.14. The summed E-state index contributed by atoms with van der Waals surface area (Å²) in [5, 5.41) is 9.94. The van der Waals surface area contributed by atoms with Gasteiger partial charge in [-0.15, -0.1) is 0 Å². The molecule has 0 amide bonds. The molecule has 0 spiro atoms. The summed E-state index contributed by atoms with van der Waals surface area (Å²) in [6.45, 7) is 2.14. The third-order valence-corrected chi connectivity index (χ3v) is 2.81. The van der Waals surface area contributed by atoms with Crippen LogP contribution in [0.2, 0.25) is 0 Å². The second kappa shape index (κ2) is 4.13. The van der Waals surface area contributed by atoms with E-state index in [9.17, 15) is 5.11 Å². The van der Waals surface area contributed by atoms with Crippen LogP contribution in [0.3, 0.4) is 0 Å². The maximum Gasteiger partial charge on any atom is 0.0955 e. The first-order chi connectivity index (χ1) is 6.83. The van der Waals surface area contributed by atoms with Crippen molar-refractivity contribution in [3.63, 3.8) is 0 Å². The van der Waals surface area contributed by atoms with E-state index >= 15 is 0 Å². The molecule has 1 aliphatic carbocycles. The lowest BCUT2D eigenvalue weighted by Gasteiger charge is -2.12. The lowest BCUT2D eigenvalue weighted by Crippen LogP contribution is -2.05. The standard InChI is InChI=1S/C11H18N2O/c1-2-3-4-11(14)10-7-12-8-13(10)9-5-6-9/h7-9,11,14H,2-6H2,1H3. The molecule has 2 rings (SSSR count). The summed E-state index contributed by atoms with van der Waals surface area (Å²) in [6.07, 6.45) is 8.88. The highest BCUT2D eigenvalue weighted by Crippen LogP contribution is 2.37. The second-order valence-corrected chi connectivity index (χ2v) is 4.11. The number of aliphatic hydroxyl groups is 1. The Balaban J connectivity index is 2.02. The zero-order valence-corrected chi connectivity index (χ0v) is 8.69. The van der Waals surface area contributed by atoms with Gasteiger partial charge in [0.2, 0.25) is 0 Å². The van der Waals surface area contributed by atoms with E-state index in [1.807, 2.05) is 6.33 Å². The number of imidazole rings is 1. The van der Waals surface area contributed by atoms with Crippen LogP contribution >= 0.6 is 0 Å². The predicted octanol–water partition coefficient (Wildman–Crippen LogP) is 2.44. The zero-order valence-electron chi connectivity index (χ0n) is 8.69. The van der Waals surface area contributed by atoms with Crippen LogP contribution in [0, 0.1) is 0 Å². The Hall–Kier alpha value is -0.830. The Morgan fingerprint density at radius 3 is 3.07 bits per heavy atom. The molecule has 0 saturated heterocycles. The minimum atomic E-state index is -0.321. The van der Waals surface area contributed by atoms with Crippen molar-refractivity contribution < 1.29 is 5.11 Å². The maximum absolute atomic E-state index is 9.94. The molecule has 1 heterocycles. The Morgan fingerprint density at radius 2 is 2.43 bits per heavy atom. The minimum Gasteiger partial charge on any atom is -0.387 e. The molecule has 3 heteroatoms. The molecular weight excluding hydrogens is 176 g/mol. The van der Waals surface area contributed by atoms with Crippen LogP contribution in [-0.2, 0) is 0 Å². The first kappa shape index (κ1) is 9.71. The van der Waals surface area contributed by atoms with E-state index in [4.69, 9.17) is 0 Å². The summed E-state index contributed by atoms with van der Waals surface area (Å²) in [7, 11) is 0. The Labute approximate surface area is 84.8 Å². The first-order valence-electron chi connectivity index (χ1n) is 5.52. The monoisotopic (exact) mass is 194 g/mol. The van der Waals surface area contributed by atoms with Gasteiger partial charge in [-0.1, -0.05) is 19.8 Å². The fourth-order valence-corrected chi connectivity index (χ4v) is 1.78. The quantitative estimate of drug-likeness (QED) is 0.781. The van der Waals surface area contributed by atoms with Crippen LogP contribution in [0.1, 0.15) is 56.9 Å². The number of rotatable bonds is 5. The molecule has 1 aromatic rings. The summed E-state index contributed by atoms with van der Waals surface area (Å²) >= 11 is 0. The summed E-state index contributed by atoms with van der Waals surface area (Å²) in [4.78, 5) is 4.12. The molecule has 0 bridgehead atoms. The fraction of sp³-hybridized carbons (Fsp3) is 0.727. The first-order valence-corrected chi connectivity index (χ1v) is 5.52. The van der Waals surface area contributed by atoms with Gasteiger partial charge in [0.05, 0.1) is 24.3 Å². The topological polar surface area (TPSA) is 38.1 Å². The number of hydrogen-bond acceptors (Lipinski definition) is 2. The lowest BCUT2D eigenvalue weighted by atomic mass is 10.1. The Morgan fingerprint density at radius 1 is 1.64 bits per heavy atom. The molecular formula is C11H18N2O. The van der Waals surface area contributed by atoms with Crippen LogP contribution in [0.15, 0.2) is 12.5 Å². The second-order valence-electron chi connectivity index (χ2n) is 4.11. The van der Waals surface area contributed by atoms with Gasteiger partial charge < -0.3 is 9.67 Å². The molecule has 0 aliphatic heterocycles. The normalized spacial score (nSPS) is 18.4. The lowest BCUT2D eigenvalue weighted by molar-refractivity contribution is 0.155. The zero-order chi connectivity index (χ0) is 9.97. The number of aromatic nitrogens is 2. The van der Waals surface area contributed by atoms with E-state index in [0.29, 0.717) is 6.04 Å². The average molecular weight is 194 g/mol. The van der Waals surface area contributed by atoms with Crippen molar-refractivity contribution in [1.82, 2.24) is 9.55 Å². The molecule has 1 aliphatic rings. The molecule has 1 fully saturated rings. The number of unbranched alkanes of at least 4 members (excludes halogenated alkanes) is 1. The molecule has 1 N–H and O–H groups in total. The van der Waals surface area contributed by atoms with E-state index < -0.39 is 0 Å². The third kappa shape index (κ3) is 1.98. The Bertz CT molecular complexity index is 291. The number of aliphatic hydroxyl groups excluding tert-OH is 1. The van der Waals surface area contributed by atoms with Crippen LogP contribution in [0.5, 0.6) is 0 Å². The summed E-state index contributed by atoms with van der Waals surface area (Å²) in [5.41, 5.74) is 1.00. The highest BCUT2D eigenvalue weighted by molar-refractivity contribution is 5.06. The predicted molar refractivity (Wildman–Crippen MR) is 55.0 cm³/mol. The van der Waals surface area contributed by atoms with Crippen LogP contribution < -0.4 is 0 Å². The number of nitrogens with zero attached hydrogens (tertiary/aromatic N) is 2. The van der Waals surface area contributed by atoms with Crippen LogP contribution in [0.4, 0.5) is 0 Å². The van der Waals surface area contributed by atoms with Crippen molar-refractivity contribution in [3.8, 4) is 0 Å². The molecule has 78 valence electrons. The van der Waals surface area contributed by atoms with Gasteiger partial charge in [-0.3, -0.25) is 0 Å². The molecule has 1 atom stereocenters. The van der Waals surface area contributed by atoms with Crippen molar-refractivity contribution in [2.24, 2.45) is 0 Å². The average Bonchev–Trinajstić information content (AvgIpc) is 2.93. The van der Waals surface area contributed by atoms with Crippen LogP contribution in [0.25, 0.3) is 0 Å². The van der Waals surface area contributed by atoms with Crippen molar-refractivity contribution in [1.29, 1.82) is 0 Å². The molecule has 14 heavy (non-hydrogen) atoms. The summed E-state index contributed by atoms with van der Waals surface area (Å²) in [5.74, 6) is 0. The van der Waals surface area contributed by atoms with Crippen molar-refractivity contribution in [2.45, 2.75) is 51.2 Å². The van der Waals surface area contributed by atoms with E-state index in [1.165, 1.54) is 12.8 Å². The van der Waals surface area contributed by atoms with Gasteiger partial charge >= 0.3 is 0 Å². The molecule has 1 unspecified atom stereocenters. The van der Waals surface area contributed by atoms with Gasteiger partial charge in [-0.2, -0.15) is 0 Å². The fourth-order valence-electron chi connectivity index (χ4n) is 1.78. The van der Waals surface area contributed by atoms with E-state index in [2.05, 4.69) is 16.5 Å². The van der Waals surface area contributed by atoms with Gasteiger partial charge in [0, 0.05) is 6.04 Å². The van der Waals surface area contributed by atoms with Crippen molar-refractivity contribution >= 4 is 0 Å². The Kier molecular flexibility index (Phi) is 2.87. The maximum atomic E-state index is 9.94. The third-order valence-electron chi connectivity index (χ3n) is 2.81. The van der Waals surface area contributed by atoms with Gasteiger partial charge in [-0.25, -0.2) is 4.98 Å². The van der Waals surface area contributed by atoms with Gasteiger partial charge in [0.25, 0.3) is 0 Å². The molecule has 0 aromatic carbocycles.